The minimum atomic E-state index is -3.73. The lowest BCUT2D eigenvalue weighted by molar-refractivity contribution is 0.0935. The fourth-order valence-corrected chi connectivity index (χ4v) is 4.86. The van der Waals surface area contributed by atoms with Crippen molar-refractivity contribution < 1.29 is 17.9 Å². The van der Waals surface area contributed by atoms with Gasteiger partial charge in [0.25, 0.3) is 5.91 Å². The quantitative estimate of drug-likeness (QED) is 0.776. The van der Waals surface area contributed by atoms with Gasteiger partial charge in [-0.3, -0.25) is 4.79 Å². The lowest BCUT2D eigenvalue weighted by atomic mass is 10.1. The molecule has 3 rings (SSSR count). The maximum absolute atomic E-state index is 12.8. The molecule has 0 unspecified atom stereocenters. The van der Waals surface area contributed by atoms with Gasteiger partial charge in [0.15, 0.2) is 0 Å². The van der Waals surface area contributed by atoms with Crippen LogP contribution in [0.1, 0.15) is 55.8 Å². The van der Waals surface area contributed by atoms with Crippen LogP contribution >= 0.6 is 0 Å². The second-order valence-electron chi connectivity index (χ2n) is 7.07. The third-order valence-electron chi connectivity index (χ3n) is 5.08. The van der Waals surface area contributed by atoms with E-state index in [0.29, 0.717) is 11.5 Å². The largest absolute Gasteiger partial charge is 0.495 e. The van der Waals surface area contributed by atoms with Crippen molar-refractivity contribution in [3.8, 4) is 5.75 Å². The molecule has 6 nitrogen and oxygen atoms in total. The lowest BCUT2D eigenvalue weighted by Gasteiger charge is -2.17. The zero-order valence-electron chi connectivity index (χ0n) is 14.7. The van der Waals surface area contributed by atoms with Crippen LogP contribution in [0.2, 0.25) is 0 Å². The van der Waals surface area contributed by atoms with Crippen LogP contribution in [0.5, 0.6) is 5.75 Å². The Morgan fingerprint density at radius 2 is 1.88 bits per heavy atom. The number of nitrogens with one attached hydrogen (secondary N) is 2. The van der Waals surface area contributed by atoms with E-state index in [4.69, 9.17) is 4.74 Å². The molecule has 7 heteroatoms. The van der Waals surface area contributed by atoms with E-state index in [-0.39, 0.29) is 28.6 Å². The SMILES string of the molecule is COc1ccc(C(=O)N[C@H](C)C2CC2)cc1S(=O)(=O)NC1CCCC1. The van der Waals surface area contributed by atoms with Gasteiger partial charge in [-0.15, -0.1) is 0 Å². The maximum Gasteiger partial charge on any atom is 0.251 e. The van der Waals surface area contributed by atoms with Gasteiger partial charge < -0.3 is 10.1 Å². The molecule has 1 amide bonds. The topological polar surface area (TPSA) is 84.5 Å². The van der Waals surface area contributed by atoms with Crippen molar-refractivity contribution in [2.45, 2.75) is 62.4 Å². The van der Waals surface area contributed by atoms with Gasteiger partial charge in [-0.25, -0.2) is 13.1 Å². The van der Waals surface area contributed by atoms with Crippen molar-refractivity contribution in [3.63, 3.8) is 0 Å². The molecule has 0 radical (unpaired) electrons. The molecular formula is C18H26N2O4S. The van der Waals surface area contributed by atoms with Gasteiger partial charge in [0.2, 0.25) is 10.0 Å². The average Bonchev–Trinajstić information content (AvgIpc) is 3.33. The Morgan fingerprint density at radius 3 is 2.48 bits per heavy atom. The van der Waals surface area contributed by atoms with Crippen LogP contribution in [0.25, 0.3) is 0 Å². The molecule has 0 aliphatic heterocycles. The summed E-state index contributed by atoms with van der Waals surface area (Å²) in [7, 11) is -2.30. The molecule has 0 spiro atoms. The van der Waals surface area contributed by atoms with Crippen molar-refractivity contribution in [2.24, 2.45) is 5.92 Å². The summed E-state index contributed by atoms with van der Waals surface area (Å²) in [6.07, 6.45) is 6.03. The van der Waals surface area contributed by atoms with E-state index in [1.54, 1.807) is 12.1 Å². The molecular weight excluding hydrogens is 340 g/mol. The monoisotopic (exact) mass is 366 g/mol. The molecule has 0 heterocycles. The van der Waals surface area contributed by atoms with Gasteiger partial charge in [0, 0.05) is 17.6 Å². The summed E-state index contributed by atoms with van der Waals surface area (Å²) in [5.74, 6) is 0.533. The summed E-state index contributed by atoms with van der Waals surface area (Å²) in [5.41, 5.74) is 0.333. The fraction of sp³-hybridized carbons (Fsp3) is 0.611. The molecule has 0 aromatic heterocycles. The van der Waals surface area contributed by atoms with Crippen molar-refractivity contribution in [3.05, 3.63) is 23.8 Å². The van der Waals surface area contributed by atoms with Gasteiger partial charge in [0.1, 0.15) is 10.6 Å². The highest BCUT2D eigenvalue weighted by Gasteiger charge is 2.30. The molecule has 2 aliphatic carbocycles. The lowest BCUT2D eigenvalue weighted by Crippen LogP contribution is -2.35. The van der Waals surface area contributed by atoms with Crippen molar-refractivity contribution in [1.29, 1.82) is 0 Å². The van der Waals surface area contributed by atoms with Crippen molar-refractivity contribution in [2.75, 3.05) is 7.11 Å². The van der Waals surface area contributed by atoms with Gasteiger partial charge in [-0.05, 0) is 56.7 Å². The third kappa shape index (κ3) is 4.33. The van der Waals surface area contributed by atoms with Crippen LogP contribution in [-0.4, -0.2) is 33.5 Å². The Kier molecular flexibility index (Phi) is 5.34. The number of benzene rings is 1. The molecule has 0 bridgehead atoms. The Balaban J connectivity index is 1.82. The van der Waals surface area contributed by atoms with Crippen molar-refractivity contribution in [1.82, 2.24) is 10.0 Å². The summed E-state index contributed by atoms with van der Waals surface area (Å²) in [5, 5.41) is 2.95. The number of methoxy groups -OCH3 is 1. The first-order valence-electron chi connectivity index (χ1n) is 8.92. The molecule has 1 aromatic rings. The van der Waals surface area contributed by atoms with Crippen LogP contribution in [-0.2, 0) is 10.0 Å². The zero-order chi connectivity index (χ0) is 18.0. The smallest absolute Gasteiger partial charge is 0.251 e. The molecule has 138 valence electrons. The minimum Gasteiger partial charge on any atom is -0.495 e. The number of hydrogen-bond acceptors (Lipinski definition) is 4. The summed E-state index contributed by atoms with van der Waals surface area (Å²) in [4.78, 5) is 12.5. The van der Waals surface area contributed by atoms with E-state index in [1.165, 1.54) is 13.2 Å². The second kappa shape index (κ2) is 7.33. The van der Waals surface area contributed by atoms with E-state index >= 15 is 0 Å². The standard InChI is InChI=1S/C18H26N2O4S/c1-12(13-7-8-13)19-18(21)14-9-10-16(24-2)17(11-14)25(22,23)20-15-5-3-4-6-15/h9-13,15,20H,3-8H2,1-2H3,(H,19,21)/t12-/m1/s1. The average molecular weight is 366 g/mol. The summed E-state index contributed by atoms with van der Waals surface area (Å²) < 4.78 is 33.5. The molecule has 1 aromatic carbocycles. The van der Waals surface area contributed by atoms with E-state index in [1.807, 2.05) is 6.92 Å². The number of carbonyl (C=O) groups excluding carboxylic acids is 1. The molecule has 1 atom stereocenters. The minimum absolute atomic E-state index is 0.0219. The van der Waals surface area contributed by atoms with Crippen molar-refractivity contribution >= 4 is 15.9 Å². The Hall–Kier alpha value is -1.60. The second-order valence-corrected chi connectivity index (χ2v) is 8.75. The zero-order valence-corrected chi connectivity index (χ0v) is 15.6. The van der Waals surface area contributed by atoms with Gasteiger partial charge in [0.05, 0.1) is 7.11 Å². The molecule has 2 saturated carbocycles. The first kappa shape index (κ1) is 18.2. The van der Waals surface area contributed by atoms with Crippen LogP contribution in [0.4, 0.5) is 0 Å². The van der Waals surface area contributed by atoms with Gasteiger partial charge >= 0.3 is 0 Å². The van der Waals surface area contributed by atoms with E-state index < -0.39 is 10.0 Å². The predicted octanol–water partition coefficient (Wildman–Crippen LogP) is 2.44. The summed E-state index contributed by atoms with van der Waals surface area (Å²) in [6.45, 7) is 1.98. The van der Waals surface area contributed by atoms with E-state index in [9.17, 15) is 13.2 Å². The summed E-state index contributed by atoms with van der Waals surface area (Å²) in [6, 6.07) is 4.61. The Bertz CT molecular complexity index is 737. The van der Waals surface area contributed by atoms with E-state index in [0.717, 1.165) is 38.5 Å². The Labute approximate surface area is 149 Å². The number of carbonyl (C=O) groups is 1. The highest BCUT2D eigenvalue weighted by molar-refractivity contribution is 7.89. The predicted molar refractivity (Wildman–Crippen MR) is 95.2 cm³/mol. The van der Waals surface area contributed by atoms with Crippen LogP contribution < -0.4 is 14.8 Å². The first-order valence-corrected chi connectivity index (χ1v) is 10.4. The summed E-state index contributed by atoms with van der Waals surface area (Å²) >= 11 is 0. The molecule has 25 heavy (non-hydrogen) atoms. The van der Waals surface area contributed by atoms with Gasteiger partial charge in [-0.1, -0.05) is 12.8 Å². The van der Waals surface area contributed by atoms with E-state index in [2.05, 4.69) is 10.0 Å². The number of sulfonamides is 1. The number of amides is 1. The molecule has 0 saturated heterocycles. The molecule has 2 fully saturated rings. The third-order valence-corrected chi connectivity index (χ3v) is 6.62. The maximum atomic E-state index is 12.8. The number of rotatable bonds is 7. The highest BCUT2D eigenvalue weighted by atomic mass is 32.2. The Morgan fingerprint density at radius 1 is 1.20 bits per heavy atom. The fourth-order valence-electron chi connectivity index (χ4n) is 3.36. The first-order chi connectivity index (χ1) is 11.9. The van der Waals surface area contributed by atoms with Crippen LogP contribution in [0, 0.1) is 5.92 Å². The number of ether oxygens (including phenoxy) is 1. The highest BCUT2D eigenvalue weighted by Crippen LogP contribution is 2.32. The molecule has 2 N–H and O–H groups in total. The van der Waals surface area contributed by atoms with Crippen LogP contribution in [0.15, 0.2) is 23.1 Å². The normalized spacial score (nSPS) is 19.6. The molecule has 2 aliphatic rings. The number of hydrogen-bond donors (Lipinski definition) is 2. The van der Waals surface area contributed by atoms with Gasteiger partial charge in [-0.2, -0.15) is 0 Å². The van der Waals surface area contributed by atoms with Crippen LogP contribution in [0.3, 0.4) is 0 Å².